The number of aliphatic hydroxyl groups excluding tert-OH is 1. The van der Waals surface area contributed by atoms with Crippen molar-refractivity contribution in [3.8, 4) is 17.2 Å². The van der Waals surface area contributed by atoms with Crippen molar-refractivity contribution in [2.24, 2.45) is 0 Å². The van der Waals surface area contributed by atoms with Crippen LogP contribution in [-0.2, 0) is 5.41 Å². The largest absolute Gasteiger partial charge is 0.396 e. The summed E-state index contributed by atoms with van der Waals surface area (Å²) in [6, 6.07) is 17.4. The molecule has 160 valence electrons. The number of benzene rings is 2. The van der Waals surface area contributed by atoms with Gasteiger partial charge in [0, 0.05) is 30.1 Å². The predicted octanol–water partition coefficient (Wildman–Crippen LogP) is 5.73. The van der Waals surface area contributed by atoms with Gasteiger partial charge in [0.1, 0.15) is 5.76 Å². The van der Waals surface area contributed by atoms with Crippen LogP contribution in [0.1, 0.15) is 48.3 Å². The molecule has 2 aromatic carbocycles. The number of hydrogen-bond donors (Lipinski definition) is 1. The summed E-state index contributed by atoms with van der Waals surface area (Å²) in [5, 5.41) is 22.9. The van der Waals surface area contributed by atoms with Gasteiger partial charge in [-0.2, -0.15) is 5.26 Å². The van der Waals surface area contributed by atoms with Crippen LogP contribution < -0.4 is 4.90 Å². The van der Waals surface area contributed by atoms with Gasteiger partial charge in [-0.15, -0.1) is 0 Å². The van der Waals surface area contributed by atoms with E-state index in [9.17, 15) is 10.4 Å². The minimum absolute atomic E-state index is 0.190. The molecule has 1 N–H and O–H groups in total. The average molecular weight is 416 g/mol. The van der Waals surface area contributed by atoms with Crippen LogP contribution in [0, 0.1) is 32.1 Å². The fourth-order valence-electron chi connectivity index (χ4n) is 4.27. The highest BCUT2D eigenvalue weighted by molar-refractivity contribution is 5.76. The first kappa shape index (κ1) is 21.1. The average Bonchev–Trinajstić information content (AvgIpc) is 3.51. The smallest absolute Gasteiger partial charge is 0.141 e. The minimum Gasteiger partial charge on any atom is -0.396 e. The fourth-order valence-corrected chi connectivity index (χ4v) is 4.27. The number of nitrogens with zero attached hydrogens (tertiary/aromatic N) is 3. The summed E-state index contributed by atoms with van der Waals surface area (Å²) in [5.74, 6) is 0.815. The van der Waals surface area contributed by atoms with Gasteiger partial charge in [-0.05, 0) is 81.3 Å². The van der Waals surface area contributed by atoms with Crippen molar-refractivity contribution < 1.29 is 9.63 Å². The van der Waals surface area contributed by atoms with Crippen LogP contribution in [0.25, 0.3) is 11.1 Å². The van der Waals surface area contributed by atoms with Crippen LogP contribution in [0.5, 0.6) is 0 Å². The zero-order valence-electron chi connectivity index (χ0n) is 18.5. The highest BCUT2D eigenvalue weighted by atomic mass is 16.5. The van der Waals surface area contributed by atoms with Crippen LogP contribution in [0.4, 0.5) is 11.4 Å². The van der Waals surface area contributed by atoms with Gasteiger partial charge in [-0.25, -0.2) is 0 Å². The molecular formula is C26H29N3O2. The van der Waals surface area contributed by atoms with Gasteiger partial charge in [-0.1, -0.05) is 29.4 Å². The van der Waals surface area contributed by atoms with Crippen LogP contribution in [0.3, 0.4) is 0 Å². The van der Waals surface area contributed by atoms with Crippen molar-refractivity contribution in [2.45, 2.75) is 51.9 Å². The Balaban J connectivity index is 1.73. The van der Waals surface area contributed by atoms with E-state index >= 15 is 0 Å². The molecule has 3 aromatic rings. The quantitative estimate of drug-likeness (QED) is 0.475. The summed E-state index contributed by atoms with van der Waals surface area (Å²) in [6.07, 6.45) is 3.54. The van der Waals surface area contributed by atoms with E-state index in [4.69, 9.17) is 4.52 Å². The van der Waals surface area contributed by atoms with E-state index in [2.05, 4.69) is 65.5 Å². The molecule has 5 nitrogen and oxygen atoms in total. The molecule has 0 bridgehead atoms. The van der Waals surface area contributed by atoms with Gasteiger partial charge >= 0.3 is 0 Å². The number of nitriles is 1. The molecule has 0 saturated heterocycles. The Morgan fingerprint density at radius 1 is 1.10 bits per heavy atom. The molecule has 0 aliphatic heterocycles. The molecule has 1 heterocycles. The summed E-state index contributed by atoms with van der Waals surface area (Å²) in [5.41, 5.74) is 7.24. The highest BCUT2D eigenvalue weighted by Gasteiger charge is 2.44. The molecule has 31 heavy (non-hydrogen) atoms. The van der Waals surface area contributed by atoms with Gasteiger partial charge in [0.05, 0.1) is 17.2 Å². The lowest BCUT2D eigenvalue weighted by Crippen LogP contribution is -2.20. The van der Waals surface area contributed by atoms with E-state index in [1.54, 1.807) is 0 Å². The second kappa shape index (κ2) is 8.56. The number of aliphatic hydroxyl groups is 1. The SMILES string of the molecule is Cc1ccc(-c2c(C)noc2C)cc1N(CCCCO)c1ccc(C2(C#N)CC2)cc1. The first-order valence-corrected chi connectivity index (χ1v) is 10.9. The van der Waals surface area contributed by atoms with Gasteiger partial charge < -0.3 is 14.5 Å². The van der Waals surface area contributed by atoms with Crippen molar-refractivity contribution in [1.82, 2.24) is 5.16 Å². The molecular weight excluding hydrogens is 386 g/mol. The Bertz CT molecular complexity index is 1090. The van der Waals surface area contributed by atoms with Crippen LogP contribution in [0.2, 0.25) is 0 Å². The third kappa shape index (κ3) is 4.08. The molecule has 0 atom stereocenters. The standard InChI is InChI=1S/C26H29N3O2/c1-18-6-7-21(25-19(2)28-31-20(25)3)16-24(18)29(14-4-5-15-30)23-10-8-22(9-11-23)26(17-27)12-13-26/h6-11,16,30H,4-5,12-15H2,1-3H3. The van der Waals surface area contributed by atoms with E-state index in [0.29, 0.717) is 0 Å². The van der Waals surface area contributed by atoms with Crippen LogP contribution >= 0.6 is 0 Å². The van der Waals surface area contributed by atoms with E-state index < -0.39 is 0 Å². The molecule has 0 unspecified atom stereocenters. The van der Waals surface area contributed by atoms with Crippen molar-refractivity contribution in [2.75, 3.05) is 18.1 Å². The number of anilines is 2. The molecule has 1 saturated carbocycles. The Morgan fingerprint density at radius 2 is 1.84 bits per heavy atom. The summed E-state index contributed by atoms with van der Waals surface area (Å²) in [4.78, 5) is 2.31. The zero-order valence-corrected chi connectivity index (χ0v) is 18.5. The zero-order chi connectivity index (χ0) is 22.0. The molecule has 1 aliphatic carbocycles. The predicted molar refractivity (Wildman–Crippen MR) is 122 cm³/mol. The van der Waals surface area contributed by atoms with Crippen molar-refractivity contribution in [3.05, 3.63) is 65.0 Å². The minimum atomic E-state index is -0.278. The number of aromatic nitrogens is 1. The molecule has 1 aliphatic rings. The topological polar surface area (TPSA) is 73.3 Å². The van der Waals surface area contributed by atoms with E-state index in [0.717, 1.165) is 71.7 Å². The number of aryl methyl sites for hydroxylation is 3. The first-order valence-electron chi connectivity index (χ1n) is 10.9. The second-order valence-electron chi connectivity index (χ2n) is 8.52. The first-order chi connectivity index (χ1) is 15.0. The van der Waals surface area contributed by atoms with Crippen molar-refractivity contribution in [1.29, 1.82) is 5.26 Å². The third-order valence-corrected chi connectivity index (χ3v) is 6.31. The van der Waals surface area contributed by atoms with Crippen molar-refractivity contribution in [3.63, 3.8) is 0 Å². The molecule has 0 amide bonds. The number of unbranched alkanes of at least 4 members (excludes halogenated alkanes) is 1. The van der Waals surface area contributed by atoms with Gasteiger partial charge in [0.25, 0.3) is 0 Å². The molecule has 1 fully saturated rings. The van der Waals surface area contributed by atoms with E-state index in [1.807, 2.05) is 13.8 Å². The van der Waals surface area contributed by atoms with E-state index in [-0.39, 0.29) is 12.0 Å². The lowest BCUT2D eigenvalue weighted by molar-refractivity contribution is 0.285. The normalized spacial score (nSPS) is 14.3. The Labute approximate surface area is 183 Å². The fraction of sp³-hybridized carbons (Fsp3) is 0.385. The maximum Gasteiger partial charge on any atom is 0.141 e. The molecule has 5 heteroatoms. The second-order valence-corrected chi connectivity index (χ2v) is 8.52. The van der Waals surface area contributed by atoms with Crippen LogP contribution in [-0.4, -0.2) is 23.4 Å². The van der Waals surface area contributed by atoms with Gasteiger partial charge in [0.2, 0.25) is 0 Å². The lowest BCUT2D eigenvalue weighted by atomic mass is 9.97. The maximum absolute atomic E-state index is 9.52. The lowest BCUT2D eigenvalue weighted by Gasteiger charge is -2.28. The summed E-state index contributed by atoms with van der Waals surface area (Å²) in [6.45, 7) is 7.01. The van der Waals surface area contributed by atoms with Gasteiger partial charge in [-0.3, -0.25) is 0 Å². The summed E-state index contributed by atoms with van der Waals surface area (Å²) in [7, 11) is 0. The molecule has 4 rings (SSSR count). The molecule has 0 radical (unpaired) electrons. The Kier molecular flexibility index (Phi) is 5.84. The Hall–Kier alpha value is -3.10. The third-order valence-electron chi connectivity index (χ3n) is 6.31. The van der Waals surface area contributed by atoms with Crippen molar-refractivity contribution >= 4 is 11.4 Å². The van der Waals surface area contributed by atoms with Crippen LogP contribution in [0.15, 0.2) is 47.0 Å². The van der Waals surface area contributed by atoms with Gasteiger partial charge in [0.15, 0.2) is 0 Å². The molecule has 0 spiro atoms. The molecule has 1 aromatic heterocycles. The monoisotopic (exact) mass is 415 g/mol. The van der Waals surface area contributed by atoms with E-state index in [1.165, 1.54) is 5.56 Å². The summed E-state index contributed by atoms with van der Waals surface area (Å²) >= 11 is 0. The Morgan fingerprint density at radius 3 is 2.42 bits per heavy atom. The maximum atomic E-state index is 9.52. The number of hydrogen-bond acceptors (Lipinski definition) is 5. The number of rotatable bonds is 8. The summed E-state index contributed by atoms with van der Waals surface area (Å²) < 4.78 is 5.39. The highest BCUT2D eigenvalue weighted by Crippen LogP contribution is 2.48.